The van der Waals surface area contributed by atoms with E-state index in [-0.39, 0.29) is 17.4 Å². The van der Waals surface area contributed by atoms with Crippen molar-refractivity contribution in [2.24, 2.45) is 0 Å². The lowest BCUT2D eigenvalue weighted by Crippen LogP contribution is -2.27. The minimum absolute atomic E-state index is 0.142. The standard InChI is InChI=1S/C12H13FO4/c13-10-3-1-2-9(12(14)15)11(10)17-8-4-6-16-7-5-8/h1-3,8H,4-7H2,(H,14,15). The number of rotatable bonds is 3. The minimum atomic E-state index is -1.19. The number of para-hydroxylation sites is 1. The molecule has 0 radical (unpaired) electrons. The van der Waals surface area contributed by atoms with E-state index in [4.69, 9.17) is 14.6 Å². The van der Waals surface area contributed by atoms with Crippen molar-refractivity contribution in [3.05, 3.63) is 29.6 Å². The highest BCUT2D eigenvalue weighted by atomic mass is 19.1. The molecule has 17 heavy (non-hydrogen) atoms. The van der Waals surface area contributed by atoms with E-state index in [1.165, 1.54) is 18.2 Å². The Labute approximate surface area is 98.0 Å². The molecular formula is C12H13FO4. The average Bonchev–Trinajstić information content (AvgIpc) is 2.33. The zero-order chi connectivity index (χ0) is 12.3. The highest BCUT2D eigenvalue weighted by molar-refractivity contribution is 5.90. The van der Waals surface area contributed by atoms with Gasteiger partial charge in [0.15, 0.2) is 11.6 Å². The molecule has 4 nitrogen and oxygen atoms in total. The summed E-state index contributed by atoms with van der Waals surface area (Å²) in [6.45, 7) is 1.11. The highest BCUT2D eigenvalue weighted by Gasteiger charge is 2.21. The first-order valence-corrected chi connectivity index (χ1v) is 5.44. The number of hydrogen-bond donors (Lipinski definition) is 1. The van der Waals surface area contributed by atoms with Gasteiger partial charge >= 0.3 is 5.97 Å². The Morgan fingerprint density at radius 1 is 1.41 bits per heavy atom. The summed E-state index contributed by atoms with van der Waals surface area (Å²) in [6, 6.07) is 3.89. The summed E-state index contributed by atoms with van der Waals surface area (Å²) in [7, 11) is 0. The first-order chi connectivity index (χ1) is 8.18. The van der Waals surface area contributed by atoms with Crippen molar-refractivity contribution in [1.29, 1.82) is 0 Å². The van der Waals surface area contributed by atoms with Crippen LogP contribution in [-0.2, 0) is 4.74 Å². The van der Waals surface area contributed by atoms with Gasteiger partial charge in [-0.05, 0) is 12.1 Å². The maximum atomic E-state index is 13.5. The van der Waals surface area contributed by atoms with Crippen LogP contribution in [0.2, 0.25) is 0 Å². The van der Waals surface area contributed by atoms with E-state index in [0.717, 1.165) is 0 Å². The molecule has 1 aliphatic rings. The second-order valence-electron chi connectivity index (χ2n) is 3.85. The third-order valence-corrected chi connectivity index (χ3v) is 2.65. The number of hydrogen-bond acceptors (Lipinski definition) is 3. The van der Waals surface area contributed by atoms with E-state index in [0.29, 0.717) is 26.1 Å². The topological polar surface area (TPSA) is 55.8 Å². The number of benzene rings is 1. The first kappa shape index (κ1) is 11.9. The molecule has 0 aromatic heterocycles. The molecule has 1 fully saturated rings. The molecule has 1 N–H and O–H groups in total. The van der Waals surface area contributed by atoms with Gasteiger partial charge in [0.05, 0.1) is 13.2 Å². The molecule has 1 aromatic rings. The molecular weight excluding hydrogens is 227 g/mol. The fraction of sp³-hybridized carbons (Fsp3) is 0.417. The number of halogens is 1. The number of carboxylic acid groups (broad SMARTS) is 1. The van der Waals surface area contributed by atoms with E-state index >= 15 is 0 Å². The van der Waals surface area contributed by atoms with Crippen LogP contribution in [0.1, 0.15) is 23.2 Å². The number of ether oxygens (including phenoxy) is 2. The molecule has 2 rings (SSSR count). The Kier molecular flexibility index (Phi) is 3.58. The van der Waals surface area contributed by atoms with Crippen molar-refractivity contribution in [2.45, 2.75) is 18.9 Å². The highest BCUT2D eigenvalue weighted by Crippen LogP contribution is 2.26. The molecule has 0 bridgehead atoms. The fourth-order valence-electron chi connectivity index (χ4n) is 1.76. The summed E-state index contributed by atoms with van der Waals surface area (Å²) in [6.07, 6.45) is 1.11. The van der Waals surface area contributed by atoms with E-state index in [9.17, 15) is 9.18 Å². The smallest absolute Gasteiger partial charge is 0.339 e. The lowest BCUT2D eigenvalue weighted by molar-refractivity contribution is 0.0232. The monoisotopic (exact) mass is 240 g/mol. The third kappa shape index (κ3) is 2.74. The molecule has 0 atom stereocenters. The van der Waals surface area contributed by atoms with Crippen molar-refractivity contribution in [1.82, 2.24) is 0 Å². The molecule has 1 aliphatic heterocycles. The van der Waals surface area contributed by atoms with E-state index in [1.807, 2.05) is 0 Å². The van der Waals surface area contributed by atoms with E-state index < -0.39 is 11.8 Å². The van der Waals surface area contributed by atoms with Gasteiger partial charge in [-0.15, -0.1) is 0 Å². The Bertz CT molecular complexity index is 413. The summed E-state index contributed by atoms with van der Waals surface area (Å²) >= 11 is 0. The summed E-state index contributed by atoms with van der Waals surface area (Å²) in [5, 5.41) is 8.95. The van der Waals surface area contributed by atoms with Crippen LogP contribution in [0.5, 0.6) is 5.75 Å². The summed E-state index contributed by atoms with van der Waals surface area (Å²) in [5.74, 6) is -2.00. The quantitative estimate of drug-likeness (QED) is 0.878. The van der Waals surface area contributed by atoms with Crippen LogP contribution in [0.25, 0.3) is 0 Å². The zero-order valence-electron chi connectivity index (χ0n) is 9.19. The Hall–Kier alpha value is -1.62. The molecule has 1 saturated heterocycles. The summed E-state index contributed by atoms with van der Waals surface area (Å²) < 4.78 is 24.1. The van der Waals surface area contributed by atoms with Gasteiger partial charge in [0, 0.05) is 12.8 Å². The fourth-order valence-corrected chi connectivity index (χ4v) is 1.76. The van der Waals surface area contributed by atoms with Crippen molar-refractivity contribution in [3.63, 3.8) is 0 Å². The van der Waals surface area contributed by atoms with Crippen LogP contribution in [-0.4, -0.2) is 30.4 Å². The molecule has 92 valence electrons. The van der Waals surface area contributed by atoms with Crippen molar-refractivity contribution < 1.29 is 23.8 Å². The van der Waals surface area contributed by atoms with Crippen LogP contribution in [0.3, 0.4) is 0 Å². The Morgan fingerprint density at radius 3 is 2.76 bits per heavy atom. The molecule has 0 aliphatic carbocycles. The van der Waals surface area contributed by atoms with Gasteiger partial charge in [-0.2, -0.15) is 0 Å². The lowest BCUT2D eigenvalue weighted by Gasteiger charge is -2.24. The number of aromatic carboxylic acids is 1. The molecule has 0 amide bonds. The summed E-state index contributed by atoms with van der Waals surface area (Å²) in [5.41, 5.74) is -0.142. The second-order valence-corrected chi connectivity index (χ2v) is 3.85. The second kappa shape index (κ2) is 5.14. The molecule has 5 heteroatoms. The lowest BCUT2D eigenvalue weighted by atomic mass is 10.1. The molecule has 0 saturated carbocycles. The summed E-state index contributed by atoms with van der Waals surface area (Å²) in [4.78, 5) is 10.9. The van der Waals surface area contributed by atoms with Gasteiger partial charge in [-0.1, -0.05) is 6.07 Å². The zero-order valence-corrected chi connectivity index (χ0v) is 9.19. The maximum Gasteiger partial charge on any atom is 0.339 e. The van der Waals surface area contributed by atoms with Crippen LogP contribution in [0, 0.1) is 5.82 Å². The van der Waals surface area contributed by atoms with Crippen LogP contribution < -0.4 is 4.74 Å². The number of carboxylic acids is 1. The third-order valence-electron chi connectivity index (χ3n) is 2.65. The van der Waals surface area contributed by atoms with E-state index in [1.54, 1.807) is 0 Å². The van der Waals surface area contributed by atoms with Gasteiger partial charge in [-0.3, -0.25) is 0 Å². The van der Waals surface area contributed by atoms with Crippen LogP contribution in [0.15, 0.2) is 18.2 Å². The SMILES string of the molecule is O=C(O)c1cccc(F)c1OC1CCOCC1. The van der Waals surface area contributed by atoms with Gasteiger partial charge in [-0.25, -0.2) is 9.18 Å². The molecule has 0 unspecified atom stereocenters. The van der Waals surface area contributed by atoms with E-state index in [2.05, 4.69) is 0 Å². The maximum absolute atomic E-state index is 13.5. The van der Waals surface area contributed by atoms with Crippen LogP contribution in [0.4, 0.5) is 4.39 Å². The average molecular weight is 240 g/mol. The van der Waals surface area contributed by atoms with Gasteiger partial charge < -0.3 is 14.6 Å². The van der Waals surface area contributed by atoms with Crippen molar-refractivity contribution in [2.75, 3.05) is 13.2 Å². The largest absolute Gasteiger partial charge is 0.486 e. The normalized spacial score (nSPS) is 16.8. The number of carbonyl (C=O) groups is 1. The first-order valence-electron chi connectivity index (χ1n) is 5.44. The predicted octanol–water partition coefficient (Wildman–Crippen LogP) is 2.08. The van der Waals surface area contributed by atoms with Gasteiger partial charge in [0.1, 0.15) is 11.7 Å². The van der Waals surface area contributed by atoms with Crippen molar-refractivity contribution in [3.8, 4) is 5.75 Å². The molecule has 1 aromatic carbocycles. The molecule has 0 spiro atoms. The Morgan fingerprint density at radius 2 is 2.12 bits per heavy atom. The van der Waals surface area contributed by atoms with Gasteiger partial charge in [0.25, 0.3) is 0 Å². The Balaban J connectivity index is 2.21. The van der Waals surface area contributed by atoms with Gasteiger partial charge in [0.2, 0.25) is 0 Å². The molecule has 1 heterocycles. The predicted molar refractivity (Wildman–Crippen MR) is 57.8 cm³/mol. The van der Waals surface area contributed by atoms with Crippen molar-refractivity contribution >= 4 is 5.97 Å². The minimum Gasteiger partial charge on any atom is -0.486 e. The van der Waals surface area contributed by atoms with Crippen LogP contribution >= 0.6 is 0 Å².